The molecule has 1 heterocycles. The third-order valence-corrected chi connectivity index (χ3v) is 3.55. The Balaban J connectivity index is 1.96. The van der Waals surface area contributed by atoms with Crippen molar-refractivity contribution in [3.8, 4) is 23.7 Å². The smallest absolute Gasteiger partial charge is 0.119 e. The van der Waals surface area contributed by atoms with Gasteiger partial charge in [0.1, 0.15) is 23.3 Å². The molecular formula is C18H15NOS. The first-order valence-electron chi connectivity index (χ1n) is 6.71. The van der Waals surface area contributed by atoms with Crippen molar-refractivity contribution in [3.63, 3.8) is 0 Å². The first-order valence-corrected chi connectivity index (χ1v) is 7.53. The number of benzene rings is 1. The van der Waals surface area contributed by atoms with Crippen LogP contribution in [-0.4, -0.2) is 6.61 Å². The second-order valence-electron chi connectivity index (χ2n) is 4.24. The molecule has 0 aliphatic carbocycles. The Morgan fingerprint density at radius 2 is 1.81 bits per heavy atom. The fraction of sp³-hybridized carbons (Fsp3) is 0.167. The van der Waals surface area contributed by atoms with E-state index in [4.69, 9.17) is 10.00 Å². The molecule has 2 nitrogen and oxygen atoms in total. The first kappa shape index (κ1) is 14.9. The van der Waals surface area contributed by atoms with Crippen LogP contribution in [0.1, 0.15) is 28.7 Å². The summed E-state index contributed by atoms with van der Waals surface area (Å²) in [5.74, 6) is 6.98. The third-order valence-electron chi connectivity index (χ3n) is 2.65. The van der Waals surface area contributed by atoms with Gasteiger partial charge in [0.15, 0.2) is 0 Å². The summed E-state index contributed by atoms with van der Waals surface area (Å²) in [6.07, 6.45) is 5.11. The molecule has 1 aromatic carbocycles. The molecule has 0 saturated heterocycles. The zero-order valence-electron chi connectivity index (χ0n) is 11.8. The highest BCUT2D eigenvalue weighted by molar-refractivity contribution is 7.13. The van der Waals surface area contributed by atoms with E-state index in [2.05, 4.69) is 30.9 Å². The topological polar surface area (TPSA) is 33.0 Å². The SMILES string of the molecule is CCC=CCOc1ccc(C#Cc2ccc(C#N)s2)cc1. The molecule has 1 aromatic heterocycles. The van der Waals surface area contributed by atoms with E-state index in [9.17, 15) is 0 Å². The zero-order chi connectivity index (χ0) is 14.9. The fourth-order valence-corrected chi connectivity index (χ4v) is 2.27. The van der Waals surface area contributed by atoms with Gasteiger partial charge in [-0.3, -0.25) is 0 Å². The van der Waals surface area contributed by atoms with Crippen LogP contribution in [-0.2, 0) is 0 Å². The van der Waals surface area contributed by atoms with Gasteiger partial charge >= 0.3 is 0 Å². The Hall–Kier alpha value is -2.49. The Kier molecular flexibility index (Phi) is 5.64. The molecule has 0 spiro atoms. The molecular weight excluding hydrogens is 278 g/mol. The van der Waals surface area contributed by atoms with Gasteiger partial charge in [0.05, 0.1) is 4.88 Å². The van der Waals surface area contributed by atoms with Gasteiger partial charge in [-0.25, -0.2) is 0 Å². The standard InChI is InChI=1S/C18H15NOS/c1-2-3-4-13-20-16-8-5-15(6-9-16)7-10-17-11-12-18(14-19)21-17/h3-6,8-9,11-12H,2,13H2,1H3. The van der Waals surface area contributed by atoms with Crippen molar-refractivity contribution in [3.05, 3.63) is 63.9 Å². The van der Waals surface area contributed by atoms with Crippen molar-refractivity contribution in [1.29, 1.82) is 5.26 Å². The average molecular weight is 293 g/mol. The maximum Gasteiger partial charge on any atom is 0.119 e. The molecule has 0 N–H and O–H groups in total. The summed E-state index contributed by atoms with van der Waals surface area (Å²) in [6, 6.07) is 13.5. The monoisotopic (exact) mass is 293 g/mol. The number of nitrogens with zero attached hydrogens (tertiary/aromatic N) is 1. The molecule has 0 radical (unpaired) electrons. The largest absolute Gasteiger partial charge is 0.490 e. The fourth-order valence-electron chi connectivity index (χ4n) is 1.61. The van der Waals surface area contributed by atoms with Gasteiger partial charge < -0.3 is 4.74 Å². The predicted octanol–water partition coefficient (Wildman–Crippen LogP) is 4.36. The number of hydrogen-bond acceptors (Lipinski definition) is 3. The van der Waals surface area contributed by atoms with Crippen LogP contribution in [0.2, 0.25) is 0 Å². The van der Waals surface area contributed by atoms with Crippen molar-refractivity contribution >= 4 is 11.3 Å². The molecule has 0 saturated carbocycles. The average Bonchev–Trinajstić information content (AvgIpc) is 2.99. The van der Waals surface area contributed by atoms with Gasteiger partial charge in [0.25, 0.3) is 0 Å². The maximum absolute atomic E-state index is 8.76. The van der Waals surface area contributed by atoms with Gasteiger partial charge in [-0.05, 0) is 42.8 Å². The van der Waals surface area contributed by atoms with E-state index in [1.807, 2.05) is 36.4 Å². The lowest BCUT2D eigenvalue weighted by molar-refractivity contribution is 0.362. The van der Waals surface area contributed by atoms with E-state index < -0.39 is 0 Å². The van der Waals surface area contributed by atoms with Crippen LogP contribution >= 0.6 is 11.3 Å². The summed E-state index contributed by atoms with van der Waals surface area (Å²) in [5, 5.41) is 8.76. The summed E-state index contributed by atoms with van der Waals surface area (Å²) in [6.45, 7) is 2.68. The highest BCUT2D eigenvalue weighted by atomic mass is 32.1. The lowest BCUT2D eigenvalue weighted by Crippen LogP contribution is -1.92. The second-order valence-corrected chi connectivity index (χ2v) is 5.32. The molecule has 0 fully saturated rings. The van der Waals surface area contributed by atoms with Gasteiger partial charge in [-0.2, -0.15) is 5.26 Å². The number of ether oxygens (including phenoxy) is 1. The summed E-state index contributed by atoms with van der Waals surface area (Å²) in [5.41, 5.74) is 0.929. The van der Waals surface area contributed by atoms with E-state index in [1.165, 1.54) is 11.3 Å². The van der Waals surface area contributed by atoms with Crippen LogP contribution < -0.4 is 4.74 Å². The van der Waals surface area contributed by atoms with Gasteiger partial charge in [0, 0.05) is 5.56 Å². The Morgan fingerprint density at radius 3 is 2.48 bits per heavy atom. The quantitative estimate of drug-likeness (QED) is 0.619. The molecule has 0 amide bonds. The summed E-state index contributed by atoms with van der Waals surface area (Å²) < 4.78 is 5.57. The van der Waals surface area contributed by atoms with E-state index in [0.29, 0.717) is 11.5 Å². The number of thiophene rings is 1. The van der Waals surface area contributed by atoms with Crippen molar-refractivity contribution in [2.45, 2.75) is 13.3 Å². The van der Waals surface area contributed by atoms with Gasteiger partial charge in [-0.15, -0.1) is 11.3 Å². The van der Waals surface area contributed by atoms with E-state index >= 15 is 0 Å². The minimum atomic E-state index is 0.588. The third kappa shape index (κ3) is 4.84. The molecule has 3 heteroatoms. The van der Waals surface area contributed by atoms with Crippen LogP contribution in [0.4, 0.5) is 0 Å². The van der Waals surface area contributed by atoms with Crippen LogP contribution in [0, 0.1) is 23.2 Å². The van der Waals surface area contributed by atoms with Crippen LogP contribution in [0.3, 0.4) is 0 Å². The summed E-state index contributed by atoms with van der Waals surface area (Å²) >= 11 is 1.40. The Bertz CT molecular complexity index is 708. The molecule has 0 atom stereocenters. The van der Waals surface area contributed by atoms with Crippen LogP contribution in [0.5, 0.6) is 5.75 Å². The molecule has 104 valence electrons. The number of rotatable bonds is 4. The Labute approximate surface area is 129 Å². The number of allylic oxidation sites excluding steroid dienone is 1. The molecule has 2 rings (SSSR count). The summed E-state index contributed by atoms with van der Waals surface area (Å²) in [4.78, 5) is 1.58. The van der Waals surface area contributed by atoms with Gasteiger partial charge in [-0.1, -0.05) is 30.9 Å². The Morgan fingerprint density at radius 1 is 1.05 bits per heavy atom. The summed E-state index contributed by atoms with van der Waals surface area (Å²) in [7, 11) is 0. The molecule has 0 unspecified atom stereocenters. The molecule has 0 aliphatic heterocycles. The van der Waals surface area contributed by atoms with Crippen LogP contribution in [0.15, 0.2) is 48.6 Å². The zero-order valence-corrected chi connectivity index (χ0v) is 12.6. The van der Waals surface area contributed by atoms with Crippen LogP contribution in [0.25, 0.3) is 0 Å². The van der Waals surface area contributed by atoms with Crippen molar-refractivity contribution < 1.29 is 4.74 Å². The highest BCUT2D eigenvalue weighted by Crippen LogP contribution is 2.15. The minimum absolute atomic E-state index is 0.588. The van der Waals surface area contributed by atoms with Gasteiger partial charge in [0.2, 0.25) is 0 Å². The predicted molar refractivity (Wildman–Crippen MR) is 86.4 cm³/mol. The van der Waals surface area contributed by atoms with E-state index in [0.717, 1.165) is 22.6 Å². The number of hydrogen-bond donors (Lipinski definition) is 0. The first-order chi connectivity index (χ1) is 10.3. The van der Waals surface area contributed by atoms with Crippen molar-refractivity contribution in [2.24, 2.45) is 0 Å². The second kappa shape index (κ2) is 7.94. The van der Waals surface area contributed by atoms with Crippen molar-refractivity contribution in [2.75, 3.05) is 6.61 Å². The number of nitriles is 1. The normalized spacial score (nSPS) is 9.90. The van der Waals surface area contributed by atoms with Crippen molar-refractivity contribution in [1.82, 2.24) is 0 Å². The lowest BCUT2D eigenvalue weighted by atomic mass is 10.2. The molecule has 0 bridgehead atoms. The van der Waals surface area contributed by atoms with E-state index in [-0.39, 0.29) is 0 Å². The lowest BCUT2D eigenvalue weighted by Gasteiger charge is -2.02. The maximum atomic E-state index is 8.76. The van der Waals surface area contributed by atoms with E-state index in [1.54, 1.807) is 6.07 Å². The highest BCUT2D eigenvalue weighted by Gasteiger charge is 1.95. The minimum Gasteiger partial charge on any atom is -0.490 e. The molecule has 0 aliphatic rings. The molecule has 21 heavy (non-hydrogen) atoms. The molecule has 2 aromatic rings.